The highest BCUT2D eigenvalue weighted by Crippen LogP contribution is 2.21. The predicted octanol–water partition coefficient (Wildman–Crippen LogP) is 2.44. The van der Waals surface area contributed by atoms with Gasteiger partial charge < -0.3 is 15.0 Å². The van der Waals surface area contributed by atoms with Crippen LogP contribution in [0.15, 0.2) is 24.3 Å². The van der Waals surface area contributed by atoms with Crippen LogP contribution in [0.2, 0.25) is 0 Å². The van der Waals surface area contributed by atoms with Gasteiger partial charge in [0.1, 0.15) is 5.82 Å². The number of rotatable bonds is 7. The zero-order valence-electron chi connectivity index (χ0n) is 12.4. The monoisotopic (exact) mass is 280 g/mol. The summed E-state index contributed by atoms with van der Waals surface area (Å²) in [7, 11) is 3.74. The summed E-state index contributed by atoms with van der Waals surface area (Å²) in [6.45, 7) is 4.23. The first-order valence-corrected chi connectivity index (χ1v) is 7.37. The standard InChI is InChI=1S/C16H25FN2O/c1-18-16(14-3-5-15(17)6-4-14)8-10-19-9-7-13(11-19)12-20-2/h3-6,13,16,18H,7-12H2,1-2H3. The molecule has 0 saturated carbocycles. The summed E-state index contributed by atoms with van der Waals surface area (Å²) < 4.78 is 18.2. The predicted molar refractivity (Wildman–Crippen MR) is 79.2 cm³/mol. The van der Waals surface area contributed by atoms with E-state index in [-0.39, 0.29) is 11.9 Å². The highest BCUT2D eigenvalue weighted by atomic mass is 19.1. The Labute approximate surface area is 121 Å². The first-order chi connectivity index (χ1) is 9.72. The van der Waals surface area contributed by atoms with Crippen molar-refractivity contribution in [3.05, 3.63) is 35.6 Å². The van der Waals surface area contributed by atoms with Crippen LogP contribution in [0, 0.1) is 11.7 Å². The molecule has 112 valence electrons. The molecule has 1 N–H and O–H groups in total. The first-order valence-electron chi connectivity index (χ1n) is 7.37. The van der Waals surface area contributed by atoms with Crippen molar-refractivity contribution in [2.75, 3.05) is 40.4 Å². The van der Waals surface area contributed by atoms with E-state index in [0.29, 0.717) is 5.92 Å². The van der Waals surface area contributed by atoms with Crippen LogP contribution in [0.25, 0.3) is 0 Å². The van der Waals surface area contributed by atoms with Crippen molar-refractivity contribution >= 4 is 0 Å². The van der Waals surface area contributed by atoms with Gasteiger partial charge in [-0.15, -0.1) is 0 Å². The van der Waals surface area contributed by atoms with E-state index >= 15 is 0 Å². The largest absolute Gasteiger partial charge is 0.384 e. The molecular weight excluding hydrogens is 255 g/mol. The molecule has 1 aromatic rings. The third-order valence-corrected chi connectivity index (χ3v) is 4.13. The van der Waals surface area contributed by atoms with Gasteiger partial charge in [-0.25, -0.2) is 4.39 Å². The van der Waals surface area contributed by atoms with E-state index in [1.54, 1.807) is 7.11 Å². The Hall–Kier alpha value is -0.970. The van der Waals surface area contributed by atoms with Gasteiger partial charge >= 0.3 is 0 Å². The average molecular weight is 280 g/mol. The Morgan fingerprint density at radius 1 is 1.40 bits per heavy atom. The van der Waals surface area contributed by atoms with Crippen molar-refractivity contribution in [3.8, 4) is 0 Å². The van der Waals surface area contributed by atoms with E-state index in [2.05, 4.69) is 10.2 Å². The Morgan fingerprint density at radius 3 is 2.80 bits per heavy atom. The van der Waals surface area contributed by atoms with Gasteiger partial charge in [-0.2, -0.15) is 0 Å². The molecule has 0 spiro atoms. The molecule has 1 aliphatic rings. The Morgan fingerprint density at radius 2 is 2.15 bits per heavy atom. The summed E-state index contributed by atoms with van der Waals surface area (Å²) in [6, 6.07) is 7.09. The normalized spacial score (nSPS) is 21.2. The molecular formula is C16H25FN2O. The SMILES string of the molecule is CNC(CCN1CCC(COC)C1)c1ccc(F)cc1. The fourth-order valence-electron chi connectivity index (χ4n) is 2.97. The molecule has 0 aliphatic carbocycles. The van der Waals surface area contributed by atoms with Crippen LogP contribution in [0.3, 0.4) is 0 Å². The Bertz CT molecular complexity index is 396. The van der Waals surface area contributed by atoms with Gasteiger partial charge in [0.2, 0.25) is 0 Å². The van der Waals surface area contributed by atoms with Gasteiger partial charge in [0, 0.05) is 19.7 Å². The van der Waals surface area contributed by atoms with Gasteiger partial charge in [0.05, 0.1) is 6.61 Å². The molecule has 1 saturated heterocycles. The van der Waals surface area contributed by atoms with Crippen LogP contribution in [0.4, 0.5) is 4.39 Å². The van der Waals surface area contributed by atoms with Crippen molar-refractivity contribution in [1.29, 1.82) is 0 Å². The maximum Gasteiger partial charge on any atom is 0.123 e. The van der Waals surface area contributed by atoms with Gasteiger partial charge in [-0.05, 0) is 56.6 Å². The minimum atomic E-state index is -0.175. The van der Waals surface area contributed by atoms with E-state index in [9.17, 15) is 4.39 Å². The molecule has 1 aromatic carbocycles. The lowest BCUT2D eigenvalue weighted by molar-refractivity contribution is 0.153. The maximum absolute atomic E-state index is 13.0. The number of nitrogens with one attached hydrogen (secondary N) is 1. The Kier molecular flexibility index (Phi) is 5.95. The number of hydrogen-bond donors (Lipinski definition) is 1. The molecule has 0 amide bonds. The summed E-state index contributed by atoms with van der Waals surface area (Å²) >= 11 is 0. The molecule has 2 unspecified atom stereocenters. The van der Waals surface area contributed by atoms with Gasteiger partial charge in [-0.1, -0.05) is 12.1 Å². The number of hydrogen-bond acceptors (Lipinski definition) is 3. The molecule has 0 aromatic heterocycles. The number of methoxy groups -OCH3 is 1. The van der Waals surface area contributed by atoms with E-state index in [0.717, 1.165) is 38.2 Å². The van der Waals surface area contributed by atoms with E-state index < -0.39 is 0 Å². The number of benzene rings is 1. The van der Waals surface area contributed by atoms with Crippen molar-refractivity contribution in [1.82, 2.24) is 10.2 Å². The second-order valence-electron chi connectivity index (χ2n) is 5.59. The average Bonchev–Trinajstić information content (AvgIpc) is 2.89. The molecule has 4 heteroatoms. The molecule has 0 radical (unpaired) electrons. The fraction of sp³-hybridized carbons (Fsp3) is 0.625. The minimum absolute atomic E-state index is 0.175. The summed E-state index contributed by atoms with van der Waals surface area (Å²) in [5.41, 5.74) is 1.15. The lowest BCUT2D eigenvalue weighted by Gasteiger charge is -2.21. The summed E-state index contributed by atoms with van der Waals surface area (Å²) in [5, 5.41) is 3.32. The van der Waals surface area contributed by atoms with Crippen LogP contribution in [0.5, 0.6) is 0 Å². The van der Waals surface area contributed by atoms with Crippen molar-refractivity contribution in [3.63, 3.8) is 0 Å². The summed E-state index contributed by atoms with van der Waals surface area (Å²) in [5.74, 6) is 0.504. The Balaban J connectivity index is 1.81. The van der Waals surface area contributed by atoms with Gasteiger partial charge in [-0.3, -0.25) is 0 Å². The molecule has 20 heavy (non-hydrogen) atoms. The molecule has 0 bridgehead atoms. The molecule has 1 aliphatic heterocycles. The van der Waals surface area contributed by atoms with Crippen LogP contribution < -0.4 is 5.32 Å². The highest BCUT2D eigenvalue weighted by molar-refractivity contribution is 5.19. The van der Waals surface area contributed by atoms with Crippen molar-refractivity contribution < 1.29 is 9.13 Å². The number of nitrogens with zero attached hydrogens (tertiary/aromatic N) is 1. The van der Waals surface area contributed by atoms with Crippen LogP contribution in [0.1, 0.15) is 24.4 Å². The third kappa shape index (κ3) is 4.27. The lowest BCUT2D eigenvalue weighted by atomic mass is 10.0. The molecule has 1 fully saturated rings. The quantitative estimate of drug-likeness (QED) is 0.830. The van der Waals surface area contributed by atoms with Crippen molar-refractivity contribution in [2.24, 2.45) is 5.92 Å². The third-order valence-electron chi connectivity index (χ3n) is 4.13. The number of ether oxygens (including phenoxy) is 1. The number of likely N-dealkylation sites (tertiary alicyclic amines) is 1. The zero-order chi connectivity index (χ0) is 14.4. The van der Waals surface area contributed by atoms with Crippen LogP contribution in [-0.4, -0.2) is 45.3 Å². The lowest BCUT2D eigenvalue weighted by Crippen LogP contribution is -2.27. The minimum Gasteiger partial charge on any atom is -0.384 e. The topological polar surface area (TPSA) is 24.5 Å². The highest BCUT2D eigenvalue weighted by Gasteiger charge is 2.22. The molecule has 2 atom stereocenters. The summed E-state index contributed by atoms with van der Waals surface area (Å²) in [4.78, 5) is 2.50. The molecule has 3 nitrogen and oxygen atoms in total. The second kappa shape index (κ2) is 7.72. The smallest absolute Gasteiger partial charge is 0.123 e. The maximum atomic E-state index is 13.0. The molecule has 1 heterocycles. The second-order valence-corrected chi connectivity index (χ2v) is 5.59. The van der Waals surface area contributed by atoms with E-state index in [1.165, 1.54) is 18.6 Å². The number of halogens is 1. The van der Waals surface area contributed by atoms with E-state index in [4.69, 9.17) is 4.74 Å². The van der Waals surface area contributed by atoms with Crippen molar-refractivity contribution in [2.45, 2.75) is 18.9 Å². The molecule has 2 rings (SSSR count). The van der Waals surface area contributed by atoms with Crippen LogP contribution >= 0.6 is 0 Å². The zero-order valence-corrected chi connectivity index (χ0v) is 12.4. The first kappa shape index (κ1) is 15.4. The van der Waals surface area contributed by atoms with Gasteiger partial charge in [0.15, 0.2) is 0 Å². The van der Waals surface area contributed by atoms with Gasteiger partial charge in [0.25, 0.3) is 0 Å². The fourth-order valence-corrected chi connectivity index (χ4v) is 2.97. The van der Waals surface area contributed by atoms with E-state index in [1.807, 2.05) is 19.2 Å². The van der Waals surface area contributed by atoms with Crippen LogP contribution in [-0.2, 0) is 4.74 Å². The summed E-state index contributed by atoms with van der Waals surface area (Å²) in [6.07, 6.45) is 2.27.